The molecule has 12 aromatic rings. The molecule has 0 fully saturated rings. The van der Waals surface area contributed by atoms with Crippen molar-refractivity contribution in [2.24, 2.45) is 0 Å². The van der Waals surface area contributed by atoms with Gasteiger partial charge in [-0.2, -0.15) is 0 Å². The van der Waals surface area contributed by atoms with E-state index in [2.05, 4.69) is 212 Å². The van der Waals surface area contributed by atoms with Crippen LogP contribution in [0.1, 0.15) is 22.3 Å². The third kappa shape index (κ3) is 5.38. The molecule has 2 heterocycles. The lowest BCUT2D eigenvalue weighted by Crippen LogP contribution is -2.25. The molecule has 3 heteroatoms. The van der Waals surface area contributed by atoms with E-state index in [4.69, 9.17) is 14.4 Å². The van der Waals surface area contributed by atoms with Crippen molar-refractivity contribution in [1.82, 2.24) is 9.97 Å². The molecule has 0 radical (unpaired) electrons. The Balaban J connectivity index is 1.02. The van der Waals surface area contributed by atoms with Gasteiger partial charge in [-0.05, 0) is 126 Å². The first-order valence-corrected chi connectivity index (χ1v) is 22.6. The summed E-state index contributed by atoms with van der Waals surface area (Å²) in [4.78, 5) is 10.9. The highest BCUT2D eigenvalue weighted by Crippen LogP contribution is 2.64. The molecule has 306 valence electrons. The van der Waals surface area contributed by atoms with Crippen molar-refractivity contribution in [2.75, 3.05) is 0 Å². The van der Waals surface area contributed by atoms with Gasteiger partial charge in [0.05, 0.1) is 16.8 Å². The average molecular weight is 839 g/mol. The third-order valence-corrected chi connectivity index (χ3v) is 14.1. The monoisotopic (exact) mass is 838 g/mol. The van der Waals surface area contributed by atoms with E-state index < -0.39 is 5.41 Å². The fourth-order valence-electron chi connectivity index (χ4n) is 11.2. The second kappa shape index (κ2) is 14.2. The zero-order chi connectivity index (χ0) is 43.3. The molecule has 10 aromatic carbocycles. The van der Waals surface area contributed by atoms with Crippen molar-refractivity contribution in [3.8, 4) is 78.4 Å². The van der Waals surface area contributed by atoms with Gasteiger partial charge in [0.25, 0.3) is 0 Å². The molecule has 0 unspecified atom stereocenters. The fourth-order valence-corrected chi connectivity index (χ4v) is 11.2. The zero-order valence-corrected chi connectivity index (χ0v) is 35.7. The van der Waals surface area contributed by atoms with E-state index in [0.717, 1.165) is 72.3 Å². The van der Waals surface area contributed by atoms with Gasteiger partial charge in [-0.1, -0.05) is 182 Å². The summed E-state index contributed by atoms with van der Waals surface area (Å²) in [5.41, 5.74) is 20.8. The smallest absolute Gasteiger partial charge is 0.160 e. The lowest BCUT2D eigenvalue weighted by atomic mass is 9.70. The van der Waals surface area contributed by atoms with Crippen LogP contribution in [0.4, 0.5) is 0 Å². The summed E-state index contributed by atoms with van der Waals surface area (Å²) in [6.45, 7) is 0. The molecule has 0 bridgehead atoms. The van der Waals surface area contributed by atoms with E-state index in [0.29, 0.717) is 5.82 Å². The van der Waals surface area contributed by atoms with Crippen LogP contribution < -0.4 is 0 Å². The van der Waals surface area contributed by atoms with Crippen LogP contribution in [0.5, 0.6) is 0 Å². The fraction of sp³-hybridized carbons (Fsp3) is 0.0159. The Labute approximate surface area is 382 Å². The molecule has 2 aliphatic rings. The van der Waals surface area contributed by atoms with Gasteiger partial charge >= 0.3 is 0 Å². The Kier molecular flexibility index (Phi) is 7.90. The molecule has 1 spiro atoms. The number of benzene rings is 10. The number of hydrogen-bond acceptors (Lipinski definition) is 3. The van der Waals surface area contributed by atoms with Crippen LogP contribution in [0.3, 0.4) is 0 Å². The third-order valence-electron chi connectivity index (χ3n) is 14.1. The van der Waals surface area contributed by atoms with E-state index in [1.165, 1.54) is 55.3 Å². The first-order chi connectivity index (χ1) is 32.7. The number of hydrogen-bond donors (Lipinski definition) is 0. The molecule has 14 rings (SSSR count). The van der Waals surface area contributed by atoms with Gasteiger partial charge in [0.2, 0.25) is 0 Å². The van der Waals surface area contributed by atoms with Crippen molar-refractivity contribution in [1.29, 1.82) is 0 Å². The van der Waals surface area contributed by atoms with Gasteiger partial charge in [0, 0.05) is 27.5 Å². The molecule has 0 N–H and O–H groups in total. The quantitative estimate of drug-likeness (QED) is 0.173. The second-order valence-electron chi connectivity index (χ2n) is 17.6. The average Bonchev–Trinajstić information content (AvgIpc) is 4.02. The van der Waals surface area contributed by atoms with E-state index in [9.17, 15) is 0 Å². The maximum atomic E-state index is 6.28. The zero-order valence-electron chi connectivity index (χ0n) is 35.7. The van der Waals surface area contributed by atoms with E-state index in [1.54, 1.807) is 0 Å². The Hall–Kier alpha value is -8.66. The normalized spacial score (nSPS) is 13.0. The van der Waals surface area contributed by atoms with Crippen molar-refractivity contribution >= 4 is 32.7 Å². The van der Waals surface area contributed by atoms with Crippen LogP contribution in [0.15, 0.2) is 235 Å². The van der Waals surface area contributed by atoms with Crippen molar-refractivity contribution in [3.05, 3.63) is 253 Å². The molecule has 0 atom stereocenters. The van der Waals surface area contributed by atoms with Crippen LogP contribution in [0.25, 0.3) is 111 Å². The Morgan fingerprint density at radius 3 is 1.65 bits per heavy atom. The van der Waals surface area contributed by atoms with Crippen LogP contribution in [0, 0.1) is 0 Å². The van der Waals surface area contributed by atoms with Gasteiger partial charge in [0.15, 0.2) is 5.82 Å². The molecule has 0 saturated carbocycles. The maximum Gasteiger partial charge on any atom is 0.160 e. The van der Waals surface area contributed by atoms with Crippen molar-refractivity contribution in [2.45, 2.75) is 5.41 Å². The summed E-state index contributed by atoms with van der Waals surface area (Å²) >= 11 is 0. The Morgan fingerprint density at radius 1 is 0.303 bits per heavy atom. The number of furan rings is 1. The molecule has 66 heavy (non-hydrogen) atoms. The summed E-state index contributed by atoms with van der Waals surface area (Å²) in [6.07, 6.45) is 0. The Morgan fingerprint density at radius 2 is 0.864 bits per heavy atom. The number of nitrogens with zero attached hydrogens (tertiary/aromatic N) is 2. The second-order valence-corrected chi connectivity index (χ2v) is 17.6. The predicted molar refractivity (Wildman–Crippen MR) is 270 cm³/mol. The molecule has 3 nitrogen and oxygen atoms in total. The molecular weight excluding hydrogens is 801 g/mol. The molecule has 0 amide bonds. The number of para-hydroxylation sites is 1. The minimum atomic E-state index is -0.461. The van der Waals surface area contributed by atoms with E-state index in [1.807, 2.05) is 18.2 Å². The highest BCUT2D eigenvalue weighted by Gasteiger charge is 2.52. The summed E-state index contributed by atoms with van der Waals surface area (Å²) in [6, 6.07) is 83.4. The molecule has 2 aliphatic carbocycles. The lowest BCUT2D eigenvalue weighted by molar-refractivity contribution is 0.669. The van der Waals surface area contributed by atoms with Gasteiger partial charge in [-0.3, -0.25) is 0 Å². The topological polar surface area (TPSA) is 38.9 Å². The van der Waals surface area contributed by atoms with Crippen LogP contribution in [0.2, 0.25) is 0 Å². The predicted octanol–water partition coefficient (Wildman–Crippen LogP) is 16.2. The first-order valence-electron chi connectivity index (χ1n) is 22.6. The molecule has 0 saturated heterocycles. The molecule has 0 aliphatic heterocycles. The van der Waals surface area contributed by atoms with Gasteiger partial charge < -0.3 is 4.42 Å². The number of fused-ring (bicyclic) bond motifs is 14. The highest BCUT2D eigenvalue weighted by atomic mass is 16.3. The summed E-state index contributed by atoms with van der Waals surface area (Å²) in [5, 5.41) is 4.62. The van der Waals surface area contributed by atoms with Crippen LogP contribution in [-0.2, 0) is 5.41 Å². The Bertz CT molecular complexity index is 3910. The SMILES string of the molecule is c1ccc(-c2nc(-c3cc(-c4ccc5ccccc5c4)cc(-c4ccc5oc6ccccc6c5c4)c3)cc(-c3cccc4c3-c3ccccc3C43c4ccccc4-c4ccccc43)n2)cc1. The largest absolute Gasteiger partial charge is 0.456 e. The summed E-state index contributed by atoms with van der Waals surface area (Å²) in [7, 11) is 0. The number of aromatic nitrogens is 2. The first kappa shape index (κ1) is 36.8. The van der Waals surface area contributed by atoms with Gasteiger partial charge in [-0.25, -0.2) is 9.97 Å². The van der Waals surface area contributed by atoms with Crippen molar-refractivity contribution < 1.29 is 4.42 Å². The van der Waals surface area contributed by atoms with E-state index in [-0.39, 0.29) is 0 Å². The maximum absolute atomic E-state index is 6.28. The highest BCUT2D eigenvalue weighted by molar-refractivity contribution is 6.07. The lowest BCUT2D eigenvalue weighted by Gasteiger charge is -2.30. The van der Waals surface area contributed by atoms with E-state index >= 15 is 0 Å². The van der Waals surface area contributed by atoms with Crippen LogP contribution >= 0.6 is 0 Å². The number of rotatable bonds is 5. The van der Waals surface area contributed by atoms with Crippen molar-refractivity contribution in [3.63, 3.8) is 0 Å². The standard InChI is InChI=1S/C63H38N2O/c1-2-16-40(17-3-1)62-64-57(38-58(65-62)51-23-14-27-56-61(51)50-22-8-12-26-55(50)63(56)53-24-10-6-19-47(53)48-20-7-11-25-54(48)63)46-35-44(42-30-29-39-15-4-5-18-41(39)33-42)34-45(36-46)43-31-32-60-52(37-43)49-21-9-13-28-59(49)66-60/h1-38H. The minimum absolute atomic E-state index is 0.461. The minimum Gasteiger partial charge on any atom is -0.456 e. The van der Waals surface area contributed by atoms with Gasteiger partial charge in [0.1, 0.15) is 11.2 Å². The summed E-state index contributed by atoms with van der Waals surface area (Å²) in [5.74, 6) is 0.683. The molecular formula is C63H38N2O. The van der Waals surface area contributed by atoms with Crippen LogP contribution in [-0.4, -0.2) is 9.97 Å². The molecule has 2 aromatic heterocycles. The van der Waals surface area contributed by atoms with Gasteiger partial charge in [-0.15, -0.1) is 0 Å². The summed E-state index contributed by atoms with van der Waals surface area (Å²) < 4.78 is 6.28.